The van der Waals surface area contributed by atoms with Crippen molar-refractivity contribution in [1.82, 2.24) is 10.2 Å². The van der Waals surface area contributed by atoms with Gasteiger partial charge < -0.3 is 20.1 Å². The largest absolute Gasteiger partial charge is 0.391 e. The fourth-order valence-corrected chi connectivity index (χ4v) is 1.96. The highest BCUT2D eigenvalue weighted by Crippen LogP contribution is 2.21. The predicted octanol–water partition coefficient (Wildman–Crippen LogP) is 0.459. The monoisotopic (exact) mass is 224 g/mol. The molecule has 4 nitrogen and oxygen atoms in total. The Morgan fingerprint density at radius 2 is 2.19 bits per heavy atom. The van der Waals surface area contributed by atoms with Gasteiger partial charge in [-0.05, 0) is 32.2 Å². The van der Waals surface area contributed by atoms with E-state index in [-0.39, 0.29) is 5.54 Å². The smallest absolute Gasteiger partial charge is 0.0802 e. The lowest BCUT2D eigenvalue weighted by atomic mass is 9.92. The van der Waals surface area contributed by atoms with Gasteiger partial charge >= 0.3 is 0 Å². The van der Waals surface area contributed by atoms with Crippen LogP contribution in [0, 0.1) is 0 Å². The molecule has 2 heterocycles. The van der Waals surface area contributed by atoms with Crippen molar-refractivity contribution in [3.63, 3.8) is 0 Å². The van der Waals surface area contributed by atoms with Crippen LogP contribution < -0.4 is 5.32 Å². The van der Waals surface area contributed by atoms with Crippen LogP contribution >= 0.6 is 0 Å². The van der Waals surface area contributed by atoms with Gasteiger partial charge in [0.15, 0.2) is 0 Å². The summed E-state index contributed by atoms with van der Waals surface area (Å²) in [5.41, 5.74) is 0.799. The van der Waals surface area contributed by atoms with E-state index in [0.717, 1.165) is 26.3 Å². The van der Waals surface area contributed by atoms with Crippen LogP contribution in [0.15, 0.2) is 24.0 Å². The molecule has 0 aliphatic carbocycles. The number of rotatable bonds is 2. The summed E-state index contributed by atoms with van der Waals surface area (Å²) in [5, 5.41) is 13.0. The van der Waals surface area contributed by atoms with Gasteiger partial charge in [0.05, 0.1) is 24.9 Å². The number of morpholine rings is 1. The van der Waals surface area contributed by atoms with Crippen molar-refractivity contribution in [3.05, 3.63) is 24.0 Å². The highest BCUT2D eigenvalue weighted by Gasteiger charge is 2.29. The molecule has 0 radical (unpaired) electrons. The van der Waals surface area contributed by atoms with Gasteiger partial charge in [-0.2, -0.15) is 0 Å². The van der Waals surface area contributed by atoms with Gasteiger partial charge in [0.1, 0.15) is 0 Å². The Hall–Kier alpha value is -1.00. The molecule has 0 aromatic rings. The van der Waals surface area contributed by atoms with Crippen molar-refractivity contribution < 1.29 is 9.84 Å². The summed E-state index contributed by atoms with van der Waals surface area (Å²) in [6, 6.07) is 0. The lowest BCUT2D eigenvalue weighted by molar-refractivity contribution is 0.0534. The van der Waals surface area contributed by atoms with Crippen LogP contribution in [0.3, 0.4) is 0 Å². The van der Waals surface area contributed by atoms with E-state index in [4.69, 9.17) is 4.74 Å². The van der Waals surface area contributed by atoms with Gasteiger partial charge in [-0.3, -0.25) is 0 Å². The molecule has 0 aromatic heterocycles. The number of allylic oxidation sites excluding steroid dienone is 1. The maximum atomic E-state index is 9.77. The number of aliphatic hydroxyl groups excluding tert-OH is 1. The summed E-state index contributed by atoms with van der Waals surface area (Å²) in [7, 11) is 0. The predicted molar refractivity (Wildman–Crippen MR) is 62.8 cm³/mol. The molecule has 2 aliphatic heterocycles. The Kier molecular flexibility index (Phi) is 3.21. The molecule has 90 valence electrons. The van der Waals surface area contributed by atoms with Gasteiger partial charge in [-0.1, -0.05) is 0 Å². The molecule has 16 heavy (non-hydrogen) atoms. The van der Waals surface area contributed by atoms with E-state index >= 15 is 0 Å². The van der Waals surface area contributed by atoms with Gasteiger partial charge in [0.2, 0.25) is 0 Å². The molecule has 0 spiro atoms. The van der Waals surface area contributed by atoms with Gasteiger partial charge in [0.25, 0.3) is 0 Å². The van der Waals surface area contributed by atoms with E-state index in [1.807, 2.05) is 13.1 Å². The normalized spacial score (nSPS) is 31.9. The minimum Gasteiger partial charge on any atom is -0.391 e. The second-order valence-electron chi connectivity index (χ2n) is 4.60. The number of ether oxygens (including phenoxy) is 1. The third-order valence-electron chi connectivity index (χ3n) is 3.34. The molecule has 0 saturated carbocycles. The maximum Gasteiger partial charge on any atom is 0.0802 e. The molecule has 2 atom stereocenters. The van der Waals surface area contributed by atoms with E-state index in [0.29, 0.717) is 0 Å². The lowest BCUT2D eigenvalue weighted by Crippen LogP contribution is -2.49. The average molecular weight is 224 g/mol. The Bertz CT molecular complexity index is 306. The maximum absolute atomic E-state index is 9.77. The zero-order chi connectivity index (χ0) is 11.6. The van der Waals surface area contributed by atoms with Crippen molar-refractivity contribution in [1.29, 1.82) is 0 Å². The van der Waals surface area contributed by atoms with Crippen LogP contribution in [-0.4, -0.2) is 48.0 Å². The molecule has 0 aromatic carbocycles. The first kappa shape index (κ1) is 11.5. The molecule has 0 bridgehead atoms. The summed E-state index contributed by atoms with van der Waals surface area (Å²) in [5.74, 6) is 0. The number of nitrogens with one attached hydrogen (secondary N) is 1. The van der Waals surface area contributed by atoms with Crippen LogP contribution in [-0.2, 0) is 4.74 Å². The molecule has 1 fully saturated rings. The summed E-state index contributed by atoms with van der Waals surface area (Å²) in [4.78, 5) is 2.29. The minimum absolute atomic E-state index is 0.373. The van der Waals surface area contributed by atoms with Gasteiger partial charge in [-0.15, -0.1) is 0 Å². The standard InChI is InChI=1S/C12H20N2O2/c1-10(15)12(2)9-11(3-4-13-12)14-5-7-16-8-6-14/h3-4,9-10,13,15H,5-8H2,1-2H3. The zero-order valence-corrected chi connectivity index (χ0v) is 9.94. The van der Waals surface area contributed by atoms with Crippen molar-refractivity contribution in [2.75, 3.05) is 26.3 Å². The van der Waals surface area contributed by atoms with E-state index in [1.54, 1.807) is 6.92 Å². The molecular formula is C12H20N2O2. The Morgan fingerprint density at radius 1 is 1.50 bits per heavy atom. The quantitative estimate of drug-likeness (QED) is 0.715. The molecule has 2 aliphatic rings. The van der Waals surface area contributed by atoms with Crippen molar-refractivity contribution >= 4 is 0 Å². The number of dihydropyridines is 1. The van der Waals surface area contributed by atoms with Crippen molar-refractivity contribution in [2.24, 2.45) is 0 Å². The fourth-order valence-electron chi connectivity index (χ4n) is 1.96. The molecule has 2 N–H and O–H groups in total. The van der Waals surface area contributed by atoms with Crippen LogP contribution in [0.4, 0.5) is 0 Å². The number of hydrogen-bond acceptors (Lipinski definition) is 4. The van der Waals surface area contributed by atoms with Crippen LogP contribution in [0.5, 0.6) is 0 Å². The Morgan fingerprint density at radius 3 is 2.81 bits per heavy atom. The summed E-state index contributed by atoms with van der Waals surface area (Å²) in [6.07, 6.45) is 5.64. The second kappa shape index (κ2) is 4.47. The Labute approximate surface area is 96.6 Å². The van der Waals surface area contributed by atoms with Gasteiger partial charge in [-0.25, -0.2) is 0 Å². The van der Waals surface area contributed by atoms with Crippen LogP contribution in [0.1, 0.15) is 13.8 Å². The third-order valence-corrected chi connectivity index (χ3v) is 3.34. The SMILES string of the molecule is CC(O)C1(C)C=C(N2CCOCC2)C=CN1. The second-order valence-corrected chi connectivity index (χ2v) is 4.60. The zero-order valence-electron chi connectivity index (χ0n) is 9.94. The average Bonchev–Trinajstić information content (AvgIpc) is 2.30. The first-order valence-electron chi connectivity index (χ1n) is 5.80. The summed E-state index contributed by atoms with van der Waals surface area (Å²) in [6.45, 7) is 7.22. The highest BCUT2D eigenvalue weighted by molar-refractivity contribution is 5.29. The fraction of sp³-hybridized carbons (Fsp3) is 0.667. The third kappa shape index (κ3) is 2.23. The molecule has 2 rings (SSSR count). The number of nitrogens with zero attached hydrogens (tertiary/aromatic N) is 1. The molecule has 4 heteroatoms. The first-order valence-corrected chi connectivity index (χ1v) is 5.80. The number of aliphatic hydroxyl groups is 1. The summed E-state index contributed by atoms with van der Waals surface area (Å²) < 4.78 is 5.33. The molecular weight excluding hydrogens is 204 g/mol. The first-order chi connectivity index (χ1) is 7.62. The van der Waals surface area contributed by atoms with Crippen molar-refractivity contribution in [3.8, 4) is 0 Å². The van der Waals surface area contributed by atoms with E-state index < -0.39 is 6.10 Å². The summed E-state index contributed by atoms with van der Waals surface area (Å²) >= 11 is 0. The molecule has 0 amide bonds. The van der Waals surface area contributed by atoms with Crippen LogP contribution in [0.2, 0.25) is 0 Å². The number of hydrogen-bond donors (Lipinski definition) is 2. The molecule has 1 saturated heterocycles. The van der Waals surface area contributed by atoms with E-state index in [1.165, 1.54) is 5.70 Å². The van der Waals surface area contributed by atoms with E-state index in [2.05, 4.69) is 22.4 Å². The Balaban J connectivity index is 2.13. The van der Waals surface area contributed by atoms with E-state index in [9.17, 15) is 5.11 Å². The van der Waals surface area contributed by atoms with Gasteiger partial charge in [0, 0.05) is 18.8 Å². The molecule has 2 unspecified atom stereocenters. The lowest BCUT2D eigenvalue weighted by Gasteiger charge is -2.37. The minimum atomic E-state index is -0.423. The van der Waals surface area contributed by atoms with Crippen molar-refractivity contribution in [2.45, 2.75) is 25.5 Å². The topological polar surface area (TPSA) is 44.7 Å². The van der Waals surface area contributed by atoms with Crippen LogP contribution in [0.25, 0.3) is 0 Å². The highest BCUT2D eigenvalue weighted by atomic mass is 16.5.